The number of carbonyl (C=O) groups excluding carboxylic acids is 1. The van der Waals surface area contributed by atoms with Crippen LogP contribution < -0.4 is 5.32 Å². The van der Waals surface area contributed by atoms with Crippen molar-refractivity contribution in [2.45, 2.75) is 19.3 Å². The molecule has 0 unspecified atom stereocenters. The van der Waals surface area contributed by atoms with Crippen LogP contribution in [0.15, 0.2) is 0 Å². The molecule has 0 aromatic carbocycles. The Morgan fingerprint density at radius 3 is 2.91 bits per heavy atom. The zero-order valence-corrected chi connectivity index (χ0v) is 6.17. The molecule has 0 aromatic rings. The van der Waals surface area contributed by atoms with Crippen LogP contribution in [-0.4, -0.2) is 23.5 Å². The zero-order valence-electron chi connectivity index (χ0n) is 6.17. The van der Waals surface area contributed by atoms with Crippen LogP contribution in [0.4, 0.5) is 0 Å². The van der Waals surface area contributed by atoms with Gasteiger partial charge >= 0.3 is 5.97 Å². The van der Waals surface area contributed by atoms with Crippen LogP contribution >= 0.6 is 0 Å². The quantitative estimate of drug-likeness (QED) is 0.562. The third kappa shape index (κ3) is 2.22. The van der Waals surface area contributed by atoms with Gasteiger partial charge in [0.1, 0.15) is 0 Å². The fourth-order valence-electron chi connectivity index (χ4n) is 1.17. The van der Waals surface area contributed by atoms with E-state index in [2.05, 4.69) is 5.32 Å². The van der Waals surface area contributed by atoms with Gasteiger partial charge in [-0.3, -0.25) is 9.59 Å². The molecule has 1 rings (SSSR count). The first-order chi connectivity index (χ1) is 5.20. The molecule has 1 atom stereocenters. The number of carbonyl (C=O) groups is 2. The Bertz CT molecular complexity index is 179. The highest BCUT2D eigenvalue weighted by Crippen LogP contribution is 2.13. The Morgan fingerprint density at radius 1 is 1.55 bits per heavy atom. The average molecular weight is 157 g/mol. The number of hydrogen-bond donors (Lipinski definition) is 2. The van der Waals surface area contributed by atoms with Crippen LogP contribution in [0.2, 0.25) is 0 Å². The minimum absolute atomic E-state index is 0.0336. The summed E-state index contributed by atoms with van der Waals surface area (Å²) >= 11 is 0. The first kappa shape index (κ1) is 8.04. The van der Waals surface area contributed by atoms with Gasteiger partial charge in [0.25, 0.3) is 0 Å². The third-order valence-electron chi connectivity index (χ3n) is 1.88. The molecule has 1 saturated heterocycles. The molecule has 62 valence electrons. The van der Waals surface area contributed by atoms with E-state index in [1.165, 1.54) is 0 Å². The molecule has 2 N–H and O–H groups in total. The van der Waals surface area contributed by atoms with Gasteiger partial charge in [-0.1, -0.05) is 0 Å². The van der Waals surface area contributed by atoms with Crippen molar-refractivity contribution in [3.63, 3.8) is 0 Å². The molecule has 11 heavy (non-hydrogen) atoms. The largest absolute Gasteiger partial charge is 0.481 e. The van der Waals surface area contributed by atoms with Gasteiger partial charge in [-0.05, 0) is 12.8 Å². The van der Waals surface area contributed by atoms with E-state index in [1.807, 2.05) is 0 Å². The van der Waals surface area contributed by atoms with E-state index in [4.69, 9.17) is 5.11 Å². The lowest BCUT2D eigenvalue weighted by Crippen LogP contribution is -2.21. The van der Waals surface area contributed by atoms with Gasteiger partial charge < -0.3 is 10.4 Å². The SMILES string of the molecule is O=C1CC[C@H](C(=O)O)CCN1. The Morgan fingerprint density at radius 2 is 2.27 bits per heavy atom. The number of aliphatic carboxylic acids is 1. The molecule has 1 aliphatic rings. The minimum Gasteiger partial charge on any atom is -0.481 e. The van der Waals surface area contributed by atoms with Crippen molar-refractivity contribution in [2.24, 2.45) is 5.92 Å². The van der Waals surface area contributed by atoms with Gasteiger partial charge in [0, 0.05) is 13.0 Å². The fraction of sp³-hybridized carbons (Fsp3) is 0.714. The first-order valence-corrected chi connectivity index (χ1v) is 3.69. The standard InChI is InChI=1S/C7H11NO3/c9-6-2-1-5(7(10)11)3-4-8-6/h5H,1-4H2,(H,8,9)(H,10,11)/t5-/m0/s1. The first-order valence-electron chi connectivity index (χ1n) is 3.69. The van der Waals surface area contributed by atoms with E-state index in [-0.39, 0.29) is 11.8 Å². The summed E-state index contributed by atoms with van der Waals surface area (Å²) in [5.41, 5.74) is 0. The Kier molecular flexibility index (Phi) is 2.46. The van der Waals surface area contributed by atoms with Crippen molar-refractivity contribution in [1.29, 1.82) is 0 Å². The maximum atomic E-state index is 10.7. The maximum absolute atomic E-state index is 10.7. The van der Waals surface area contributed by atoms with Gasteiger partial charge in [-0.25, -0.2) is 0 Å². The molecule has 1 aliphatic heterocycles. The van der Waals surface area contributed by atoms with E-state index >= 15 is 0 Å². The predicted octanol–water partition coefficient (Wildman–Crippen LogP) is -0.0127. The summed E-state index contributed by atoms with van der Waals surface area (Å²) in [6, 6.07) is 0. The van der Waals surface area contributed by atoms with Gasteiger partial charge in [0.05, 0.1) is 5.92 Å². The highest BCUT2D eigenvalue weighted by Gasteiger charge is 2.21. The molecular formula is C7H11NO3. The summed E-state index contributed by atoms with van der Waals surface area (Å²) in [6.07, 6.45) is 1.37. The fourth-order valence-corrected chi connectivity index (χ4v) is 1.17. The van der Waals surface area contributed by atoms with Crippen molar-refractivity contribution in [1.82, 2.24) is 5.32 Å². The van der Waals surface area contributed by atoms with Crippen molar-refractivity contribution in [2.75, 3.05) is 6.54 Å². The summed E-state index contributed by atoms with van der Waals surface area (Å²) in [6.45, 7) is 0.496. The monoisotopic (exact) mass is 157 g/mol. The molecule has 0 bridgehead atoms. The van der Waals surface area contributed by atoms with Gasteiger partial charge in [-0.2, -0.15) is 0 Å². The topological polar surface area (TPSA) is 66.4 Å². The summed E-state index contributed by atoms with van der Waals surface area (Å²) in [5.74, 6) is -1.16. The van der Waals surface area contributed by atoms with Crippen LogP contribution in [0.5, 0.6) is 0 Å². The van der Waals surface area contributed by atoms with E-state index in [9.17, 15) is 9.59 Å². The molecule has 0 spiro atoms. The molecular weight excluding hydrogens is 146 g/mol. The van der Waals surface area contributed by atoms with Gasteiger partial charge in [0.2, 0.25) is 5.91 Å². The lowest BCUT2D eigenvalue weighted by Gasteiger charge is -2.04. The molecule has 1 heterocycles. The lowest BCUT2D eigenvalue weighted by atomic mass is 10.0. The van der Waals surface area contributed by atoms with E-state index < -0.39 is 5.97 Å². The molecule has 1 amide bonds. The number of carboxylic acid groups (broad SMARTS) is 1. The second-order valence-electron chi connectivity index (χ2n) is 2.71. The summed E-state index contributed by atoms with van der Waals surface area (Å²) in [5, 5.41) is 11.2. The van der Waals surface area contributed by atoms with E-state index in [1.54, 1.807) is 0 Å². The van der Waals surface area contributed by atoms with Crippen LogP contribution in [-0.2, 0) is 9.59 Å². The number of nitrogens with one attached hydrogen (secondary N) is 1. The molecule has 4 heteroatoms. The third-order valence-corrected chi connectivity index (χ3v) is 1.88. The molecule has 4 nitrogen and oxygen atoms in total. The maximum Gasteiger partial charge on any atom is 0.306 e. The minimum atomic E-state index is -0.790. The second kappa shape index (κ2) is 3.37. The number of rotatable bonds is 1. The summed E-state index contributed by atoms with van der Waals surface area (Å²) in [7, 11) is 0. The number of hydrogen-bond acceptors (Lipinski definition) is 2. The van der Waals surface area contributed by atoms with Crippen LogP contribution in [0, 0.1) is 5.92 Å². The summed E-state index contributed by atoms with van der Waals surface area (Å²) in [4.78, 5) is 21.2. The van der Waals surface area contributed by atoms with Crippen molar-refractivity contribution < 1.29 is 14.7 Å². The smallest absolute Gasteiger partial charge is 0.306 e. The van der Waals surface area contributed by atoms with E-state index in [0.717, 1.165) is 0 Å². The van der Waals surface area contributed by atoms with Crippen molar-refractivity contribution in [3.05, 3.63) is 0 Å². The molecule has 0 aliphatic carbocycles. The molecule has 1 fully saturated rings. The molecule has 0 aromatic heterocycles. The average Bonchev–Trinajstić information content (AvgIpc) is 2.13. The Hall–Kier alpha value is -1.06. The molecule has 0 saturated carbocycles. The highest BCUT2D eigenvalue weighted by molar-refractivity contribution is 5.78. The normalized spacial score (nSPS) is 25.5. The number of carboxylic acids is 1. The van der Waals surface area contributed by atoms with Crippen LogP contribution in [0.25, 0.3) is 0 Å². The lowest BCUT2D eigenvalue weighted by molar-refractivity contribution is -0.142. The second-order valence-corrected chi connectivity index (χ2v) is 2.71. The van der Waals surface area contributed by atoms with Crippen LogP contribution in [0.1, 0.15) is 19.3 Å². The molecule has 0 radical (unpaired) electrons. The zero-order chi connectivity index (χ0) is 8.27. The Balaban J connectivity index is 2.46. The Labute approximate surface area is 64.6 Å². The van der Waals surface area contributed by atoms with Crippen molar-refractivity contribution >= 4 is 11.9 Å². The highest BCUT2D eigenvalue weighted by atomic mass is 16.4. The van der Waals surface area contributed by atoms with Crippen molar-refractivity contribution in [3.8, 4) is 0 Å². The predicted molar refractivity (Wildman–Crippen MR) is 38.0 cm³/mol. The van der Waals surface area contributed by atoms with Crippen LogP contribution in [0.3, 0.4) is 0 Å². The van der Waals surface area contributed by atoms with Gasteiger partial charge in [-0.15, -0.1) is 0 Å². The number of amides is 1. The summed E-state index contributed by atoms with van der Waals surface area (Å²) < 4.78 is 0. The van der Waals surface area contributed by atoms with Gasteiger partial charge in [0.15, 0.2) is 0 Å². The van der Waals surface area contributed by atoms with E-state index in [0.29, 0.717) is 25.8 Å².